The molecule has 0 atom stereocenters. The standard InChI is InChI=1S/C17H10ClNO4/c18-14-5-3-12(4-6-14)16-10-13(17(20)23-16)9-11-1-7-15(8-2-11)19(21)22/h1-10H. The fraction of sp³-hybridized carbons (Fsp3) is 0. The highest BCUT2D eigenvalue weighted by Crippen LogP contribution is 2.28. The maximum atomic E-state index is 11.9. The van der Waals surface area contributed by atoms with Gasteiger partial charge in [0.1, 0.15) is 5.76 Å². The van der Waals surface area contributed by atoms with E-state index in [4.69, 9.17) is 16.3 Å². The van der Waals surface area contributed by atoms with Gasteiger partial charge in [-0.2, -0.15) is 0 Å². The molecule has 1 aliphatic rings. The highest BCUT2D eigenvalue weighted by atomic mass is 35.5. The molecule has 0 unspecified atom stereocenters. The molecule has 5 nitrogen and oxygen atoms in total. The fourth-order valence-corrected chi connectivity index (χ4v) is 2.24. The van der Waals surface area contributed by atoms with Crippen molar-refractivity contribution in [3.8, 4) is 0 Å². The summed E-state index contributed by atoms with van der Waals surface area (Å²) in [5, 5.41) is 11.2. The highest BCUT2D eigenvalue weighted by molar-refractivity contribution is 6.30. The maximum Gasteiger partial charge on any atom is 0.343 e. The number of ether oxygens (including phenoxy) is 1. The smallest absolute Gasteiger partial charge is 0.343 e. The number of nitro benzene ring substituents is 1. The molecular weight excluding hydrogens is 318 g/mol. The van der Waals surface area contributed by atoms with Crippen molar-refractivity contribution in [1.29, 1.82) is 0 Å². The van der Waals surface area contributed by atoms with Gasteiger partial charge in [0, 0.05) is 22.7 Å². The topological polar surface area (TPSA) is 69.4 Å². The summed E-state index contributed by atoms with van der Waals surface area (Å²) < 4.78 is 5.24. The van der Waals surface area contributed by atoms with Crippen LogP contribution in [0.5, 0.6) is 0 Å². The van der Waals surface area contributed by atoms with Crippen LogP contribution in [0.2, 0.25) is 5.02 Å². The lowest BCUT2D eigenvalue weighted by Crippen LogP contribution is -1.97. The number of hydrogen-bond donors (Lipinski definition) is 0. The normalized spacial score (nSPS) is 15.4. The number of esters is 1. The average molecular weight is 328 g/mol. The van der Waals surface area contributed by atoms with Crippen LogP contribution in [-0.4, -0.2) is 10.9 Å². The van der Waals surface area contributed by atoms with Gasteiger partial charge in [-0.15, -0.1) is 0 Å². The molecule has 0 aliphatic carbocycles. The molecule has 1 aliphatic heterocycles. The summed E-state index contributed by atoms with van der Waals surface area (Å²) in [6.07, 6.45) is 3.25. The summed E-state index contributed by atoms with van der Waals surface area (Å²) in [6.45, 7) is 0. The van der Waals surface area contributed by atoms with Crippen LogP contribution in [0, 0.1) is 10.1 Å². The summed E-state index contributed by atoms with van der Waals surface area (Å²) >= 11 is 5.83. The van der Waals surface area contributed by atoms with Crippen LogP contribution < -0.4 is 0 Å². The lowest BCUT2D eigenvalue weighted by Gasteiger charge is -2.01. The lowest BCUT2D eigenvalue weighted by atomic mass is 10.1. The first kappa shape index (κ1) is 15.0. The van der Waals surface area contributed by atoms with E-state index >= 15 is 0 Å². The Morgan fingerprint density at radius 2 is 1.70 bits per heavy atom. The Morgan fingerprint density at radius 3 is 2.30 bits per heavy atom. The minimum absolute atomic E-state index is 0.00135. The minimum Gasteiger partial charge on any atom is -0.422 e. The number of nitro groups is 1. The Bertz CT molecular complexity index is 836. The first-order valence-electron chi connectivity index (χ1n) is 6.69. The fourth-order valence-electron chi connectivity index (χ4n) is 2.12. The number of carbonyl (C=O) groups is 1. The van der Waals surface area contributed by atoms with Gasteiger partial charge in [-0.3, -0.25) is 10.1 Å². The number of nitrogens with zero attached hydrogens (tertiary/aromatic N) is 1. The van der Waals surface area contributed by atoms with E-state index in [2.05, 4.69) is 0 Å². The van der Waals surface area contributed by atoms with E-state index in [9.17, 15) is 14.9 Å². The monoisotopic (exact) mass is 327 g/mol. The van der Waals surface area contributed by atoms with Crippen LogP contribution in [0.25, 0.3) is 11.8 Å². The molecule has 0 radical (unpaired) electrons. The molecule has 0 N–H and O–H groups in total. The third-order valence-electron chi connectivity index (χ3n) is 3.28. The van der Waals surface area contributed by atoms with Gasteiger partial charge in [0.15, 0.2) is 0 Å². The molecule has 1 heterocycles. The summed E-state index contributed by atoms with van der Waals surface area (Å²) in [4.78, 5) is 22.1. The van der Waals surface area contributed by atoms with E-state index in [-0.39, 0.29) is 5.69 Å². The van der Waals surface area contributed by atoms with Crippen LogP contribution in [0.1, 0.15) is 11.1 Å². The Labute approximate surface area is 136 Å². The molecule has 0 bridgehead atoms. The molecule has 0 aromatic heterocycles. The van der Waals surface area contributed by atoms with Gasteiger partial charge < -0.3 is 4.74 Å². The zero-order valence-electron chi connectivity index (χ0n) is 11.7. The zero-order chi connectivity index (χ0) is 16.4. The van der Waals surface area contributed by atoms with Crippen molar-refractivity contribution in [1.82, 2.24) is 0 Å². The van der Waals surface area contributed by atoms with Crippen molar-refractivity contribution < 1.29 is 14.5 Å². The van der Waals surface area contributed by atoms with Crippen molar-refractivity contribution in [2.45, 2.75) is 0 Å². The Balaban J connectivity index is 1.88. The number of hydrogen-bond acceptors (Lipinski definition) is 4. The van der Waals surface area contributed by atoms with Gasteiger partial charge >= 0.3 is 5.97 Å². The largest absolute Gasteiger partial charge is 0.422 e. The summed E-state index contributed by atoms with van der Waals surface area (Å²) in [5.41, 5.74) is 1.80. The van der Waals surface area contributed by atoms with Gasteiger partial charge in [-0.05, 0) is 54.1 Å². The zero-order valence-corrected chi connectivity index (χ0v) is 12.5. The van der Waals surface area contributed by atoms with E-state index < -0.39 is 10.9 Å². The third-order valence-corrected chi connectivity index (χ3v) is 3.53. The molecule has 6 heteroatoms. The quantitative estimate of drug-likeness (QED) is 0.366. The van der Waals surface area contributed by atoms with Gasteiger partial charge in [0.25, 0.3) is 5.69 Å². The molecule has 0 fully saturated rings. The molecule has 0 spiro atoms. The highest BCUT2D eigenvalue weighted by Gasteiger charge is 2.21. The SMILES string of the molecule is O=C1OC(c2ccc(Cl)cc2)=CC1=Cc1ccc([N+](=O)[O-])cc1. The van der Waals surface area contributed by atoms with Gasteiger partial charge in [-0.1, -0.05) is 11.6 Å². The van der Waals surface area contributed by atoms with E-state index in [0.717, 1.165) is 5.56 Å². The van der Waals surface area contributed by atoms with E-state index in [0.29, 0.717) is 21.9 Å². The van der Waals surface area contributed by atoms with Crippen molar-refractivity contribution in [2.75, 3.05) is 0 Å². The van der Waals surface area contributed by atoms with E-state index in [1.807, 2.05) is 0 Å². The average Bonchev–Trinajstić information content (AvgIpc) is 2.89. The van der Waals surface area contributed by atoms with Crippen LogP contribution in [0.15, 0.2) is 60.2 Å². The van der Waals surface area contributed by atoms with E-state index in [1.165, 1.54) is 12.1 Å². The first-order chi connectivity index (χ1) is 11.0. The second-order valence-electron chi connectivity index (χ2n) is 4.85. The number of non-ortho nitro benzene ring substituents is 1. The van der Waals surface area contributed by atoms with Crippen LogP contribution in [-0.2, 0) is 9.53 Å². The first-order valence-corrected chi connectivity index (χ1v) is 7.07. The summed E-state index contributed by atoms with van der Waals surface area (Å²) in [5.74, 6) is -0.0202. The number of benzene rings is 2. The third kappa shape index (κ3) is 3.30. The molecule has 0 saturated carbocycles. The number of halogens is 1. The van der Waals surface area contributed by atoms with Gasteiger partial charge in [0.05, 0.1) is 10.5 Å². The number of cyclic esters (lactones) is 1. The predicted molar refractivity (Wildman–Crippen MR) is 86.6 cm³/mol. The molecule has 2 aromatic carbocycles. The Kier molecular flexibility index (Phi) is 3.95. The van der Waals surface area contributed by atoms with Crippen molar-refractivity contribution in [2.24, 2.45) is 0 Å². The molecular formula is C17H10ClNO4. The molecule has 114 valence electrons. The lowest BCUT2D eigenvalue weighted by molar-refractivity contribution is -0.384. The summed E-state index contributed by atoms with van der Waals surface area (Å²) in [6, 6.07) is 12.9. The predicted octanol–water partition coefficient (Wildman–Crippen LogP) is 4.23. The van der Waals surface area contributed by atoms with Gasteiger partial charge in [-0.25, -0.2) is 4.79 Å². The molecule has 2 aromatic rings. The molecule has 3 rings (SSSR count). The van der Waals surface area contributed by atoms with Gasteiger partial charge in [0.2, 0.25) is 0 Å². The molecule has 0 amide bonds. The van der Waals surface area contributed by atoms with Crippen molar-refractivity contribution in [3.63, 3.8) is 0 Å². The van der Waals surface area contributed by atoms with Crippen molar-refractivity contribution in [3.05, 3.63) is 86.4 Å². The summed E-state index contributed by atoms with van der Waals surface area (Å²) in [7, 11) is 0. The maximum absolute atomic E-state index is 11.9. The second kappa shape index (κ2) is 6.06. The van der Waals surface area contributed by atoms with Crippen LogP contribution >= 0.6 is 11.6 Å². The number of rotatable bonds is 3. The second-order valence-corrected chi connectivity index (χ2v) is 5.29. The number of carbonyl (C=O) groups excluding carboxylic acids is 1. The molecule has 0 saturated heterocycles. The van der Waals surface area contributed by atoms with E-state index in [1.54, 1.807) is 48.6 Å². The van der Waals surface area contributed by atoms with Crippen molar-refractivity contribution >= 4 is 35.1 Å². The van der Waals surface area contributed by atoms with Crippen LogP contribution in [0.4, 0.5) is 5.69 Å². The Hall–Kier alpha value is -2.92. The van der Waals surface area contributed by atoms with Crippen LogP contribution in [0.3, 0.4) is 0 Å². The Morgan fingerprint density at radius 1 is 1.04 bits per heavy atom. The molecule has 23 heavy (non-hydrogen) atoms. The minimum atomic E-state index is -0.473.